The average molecular weight is 944 g/mol. The van der Waals surface area contributed by atoms with Gasteiger partial charge in [-0.25, -0.2) is 22.7 Å². The number of hydrogen-bond acceptors (Lipinski definition) is 11. The largest absolute Gasteiger partial charge is 0.483 e. The third-order valence-electron chi connectivity index (χ3n) is 10.9. The lowest BCUT2D eigenvalue weighted by atomic mass is 9.87. The van der Waals surface area contributed by atoms with Crippen molar-refractivity contribution in [3.05, 3.63) is 114 Å². The van der Waals surface area contributed by atoms with Crippen LogP contribution in [0.15, 0.2) is 113 Å². The van der Waals surface area contributed by atoms with E-state index in [0.29, 0.717) is 35.5 Å². The molecule has 0 unspecified atom stereocenters. The third-order valence-corrected chi connectivity index (χ3v) is 13.3. The fraction of sp³-hybridized carbons (Fsp3) is 0.440. The highest BCUT2D eigenvalue weighted by Crippen LogP contribution is 2.44. The van der Waals surface area contributed by atoms with Crippen LogP contribution in [0.5, 0.6) is 5.75 Å². The first kappa shape index (κ1) is 51.4. The monoisotopic (exact) mass is 943 g/mol. The van der Waals surface area contributed by atoms with Crippen molar-refractivity contribution < 1.29 is 41.8 Å². The summed E-state index contributed by atoms with van der Waals surface area (Å²) in [6.07, 6.45) is 6.46. The number of unbranched alkanes of at least 4 members (excludes halogenated alkanes) is 2. The SMILES string of the molecule is CCCCC1(CCCC)CN(c2ccccc2)c2cc(SC)c(OCC(=O)N[C@@H](C(=O)N[C@@H](CCCNC(=O)OCc3ccccc3)C(=O)OC(C)(C)C)c3ccccc3)cc2S(=O)(=O)N1. The maximum atomic E-state index is 14.5. The minimum atomic E-state index is -4.10. The molecule has 0 bridgehead atoms. The fourth-order valence-corrected chi connectivity index (χ4v) is 9.89. The number of ether oxygens (including phenoxy) is 3. The topological polar surface area (TPSA) is 181 Å². The molecule has 4 aromatic rings. The molecule has 0 fully saturated rings. The lowest BCUT2D eigenvalue weighted by molar-refractivity contribution is -0.159. The number of rotatable bonds is 22. The van der Waals surface area contributed by atoms with E-state index in [9.17, 15) is 27.6 Å². The van der Waals surface area contributed by atoms with Gasteiger partial charge in [0.15, 0.2) is 6.61 Å². The van der Waals surface area contributed by atoms with Crippen LogP contribution in [0.1, 0.15) is 103 Å². The number of benzene rings is 4. The van der Waals surface area contributed by atoms with Gasteiger partial charge in [0.25, 0.3) is 5.91 Å². The summed E-state index contributed by atoms with van der Waals surface area (Å²) in [5.41, 5.74) is 1.03. The molecular weight excluding hydrogens is 879 g/mol. The Morgan fingerprint density at radius 3 is 2.08 bits per heavy atom. The number of esters is 1. The number of nitrogens with zero attached hydrogens (tertiary/aromatic N) is 1. The van der Waals surface area contributed by atoms with Gasteiger partial charge in [0.1, 0.15) is 34.9 Å². The van der Waals surface area contributed by atoms with Gasteiger partial charge in [0.05, 0.1) is 16.1 Å². The minimum Gasteiger partial charge on any atom is -0.483 e. The van der Waals surface area contributed by atoms with Gasteiger partial charge < -0.3 is 35.1 Å². The number of para-hydroxylation sites is 1. The summed E-state index contributed by atoms with van der Waals surface area (Å²) in [5.74, 6) is -1.84. The number of thioether (sulfide) groups is 1. The van der Waals surface area contributed by atoms with Gasteiger partial charge in [-0.1, -0.05) is 118 Å². The van der Waals surface area contributed by atoms with Gasteiger partial charge >= 0.3 is 12.1 Å². The quantitative estimate of drug-likeness (QED) is 0.0336. The summed E-state index contributed by atoms with van der Waals surface area (Å²) in [4.78, 5) is 56.5. The summed E-state index contributed by atoms with van der Waals surface area (Å²) in [7, 11) is -4.10. The molecule has 4 aromatic carbocycles. The lowest BCUT2D eigenvalue weighted by Crippen LogP contribution is -2.53. The highest BCUT2D eigenvalue weighted by molar-refractivity contribution is 7.98. The van der Waals surface area contributed by atoms with E-state index in [1.165, 1.54) is 17.8 Å². The Labute approximate surface area is 394 Å². The van der Waals surface area contributed by atoms with E-state index in [1.54, 1.807) is 57.2 Å². The molecule has 2 atom stereocenters. The van der Waals surface area contributed by atoms with E-state index in [4.69, 9.17) is 14.2 Å². The zero-order valence-electron chi connectivity index (χ0n) is 38.9. The van der Waals surface area contributed by atoms with Crippen molar-refractivity contribution in [1.82, 2.24) is 20.7 Å². The smallest absolute Gasteiger partial charge is 0.407 e. The fourth-order valence-electron chi connectivity index (χ4n) is 7.68. The summed E-state index contributed by atoms with van der Waals surface area (Å²) < 4.78 is 49.2. The molecule has 0 saturated heterocycles. The molecule has 1 heterocycles. The normalized spacial score (nSPS) is 15.0. The van der Waals surface area contributed by atoms with E-state index >= 15 is 0 Å². The number of anilines is 2. The van der Waals surface area contributed by atoms with Crippen molar-refractivity contribution in [2.75, 3.05) is 30.9 Å². The van der Waals surface area contributed by atoms with Gasteiger partial charge in [-0.3, -0.25) is 9.59 Å². The molecule has 0 aromatic heterocycles. The molecule has 14 nitrogen and oxygen atoms in total. The average Bonchev–Trinajstić information content (AvgIpc) is 3.39. The Morgan fingerprint density at radius 1 is 0.848 bits per heavy atom. The molecule has 3 amide bonds. The van der Waals surface area contributed by atoms with Crippen LogP contribution in [-0.2, 0) is 40.5 Å². The summed E-state index contributed by atoms with van der Waals surface area (Å²) in [6.45, 7) is 9.46. The predicted octanol–water partition coefficient (Wildman–Crippen LogP) is 8.73. The first-order valence-corrected chi connectivity index (χ1v) is 25.3. The van der Waals surface area contributed by atoms with Crippen molar-refractivity contribution in [2.45, 2.75) is 126 Å². The second kappa shape index (κ2) is 24.3. The van der Waals surface area contributed by atoms with E-state index in [1.807, 2.05) is 66.9 Å². The van der Waals surface area contributed by atoms with Gasteiger partial charge in [-0.15, -0.1) is 11.8 Å². The number of nitrogens with one attached hydrogen (secondary N) is 4. The molecule has 0 spiro atoms. The van der Waals surface area contributed by atoms with Crippen LogP contribution < -0.4 is 30.3 Å². The molecule has 356 valence electrons. The zero-order valence-corrected chi connectivity index (χ0v) is 40.5. The van der Waals surface area contributed by atoms with Gasteiger partial charge in [0.2, 0.25) is 15.9 Å². The molecule has 66 heavy (non-hydrogen) atoms. The standard InChI is InChI=1S/C50H65N5O9S2/c1-7-9-28-50(29-10-8-2)35-55(38-25-18-13-19-26-38)40-31-42(65-6)41(32-43(40)66(60,61)54-50)62-34-44(56)53-45(37-23-16-12-17-24-37)46(57)52-39(47(58)64-49(3,4)5)27-20-30-51-48(59)63-33-36-21-14-11-15-22-36/h11-19,21-26,31-32,39,45,54H,7-10,20,27-30,33-35H2,1-6H3,(H,51,59)(H,52,57)(H,53,56)/t39-,45+/m0/s1. The highest BCUT2D eigenvalue weighted by Gasteiger charge is 2.42. The van der Waals surface area contributed by atoms with Gasteiger partial charge in [-0.05, 0) is 82.0 Å². The van der Waals surface area contributed by atoms with E-state index in [0.717, 1.165) is 36.9 Å². The van der Waals surface area contributed by atoms with E-state index < -0.39 is 63.7 Å². The van der Waals surface area contributed by atoms with Crippen LogP contribution in [0.2, 0.25) is 0 Å². The number of amides is 3. The van der Waals surface area contributed by atoms with Gasteiger partial charge in [0, 0.05) is 24.8 Å². The number of carbonyl (C=O) groups excluding carboxylic acids is 4. The van der Waals surface area contributed by atoms with E-state index in [2.05, 4.69) is 39.4 Å². The Kier molecular flexibility index (Phi) is 18.9. The molecule has 16 heteroatoms. The Balaban J connectivity index is 1.34. The Hall–Kier alpha value is -5.58. The second-order valence-electron chi connectivity index (χ2n) is 17.4. The lowest BCUT2D eigenvalue weighted by Gasteiger charge is -2.37. The number of alkyl carbamates (subject to hydrolysis) is 1. The molecule has 5 rings (SSSR count). The van der Waals surface area contributed by atoms with E-state index in [-0.39, 0.29) is 36.6 Å². The van der Waals surface area contributed by atoms with Crippen molar-refractivity contribution in [3.8, 4) is 5.75 Å². The molecule has 1 aliphatic heterocycles. The first-order chi connectivity index (χ1) is 31.6. The first-order valence-electron chi connectivity index (χ1n) is 22.6. The summed E-state index contributed by atoms with van der Waals surface area (Å²) in [6, 6.07) is 28.4. The van der Waals surface area contributed by atoms with Crippen molar-refractivity contribution in [1.29, 1.82) is 0 Å². The molecule has 0 saturated carbocycles. The van der Waals surface area contributed by atoms with Crippen LogP contribution in [0.3, 0.4) is 0 Å². The third kappa shape index (κ3) is 15.0. The van der Waals surface area contributed by atoms with Crippen LogP contribution in [0.4, 0.5) is 16.2 Å². The van der Waals surface area contributed by atoms with Crippen LogP contribution in [0.25, 0.3) is 0 Å². The number of fused-ring (bicyclic) bond motifs is 1. The Bertz CT molecular complexity index is 2320. The van der Waals surface area contributed by atoms with Crippen LogP contribution in [0, 0.1) is 0 Å². The molecular formula is C50H65N5O9S2. The van der Waals surface area contributed by atoms with Gasteiger partial charge in [-0.2, -0.15) is 0 Å². The number of sulfonamides is 1. The maximum absolute atomic E-state index is 14.5. The number of hydrogen-bond donors (Lipinski definition) is 4. The summed E-state index contributed by atoms with van der Waals surface area (Å²) in [5, 5.41) is 8.21. The maximum Gasteiger partial charge on any atom is 0.407 e. The number of carbonyl (C=O) groups is 4. The predicted molar refractivity (Wildman–Crippen MR) is 258 cm³/mol. The minimum absolute atomic E-state index is 0.0310. The van der Waals surface area contributed by atoms with Crippen LogP contribution >= 0.6 is 11.8 Å². The van der Waals surface area contributed by atoms with Crippen molar-refractivity contribution in [3.63, 3.8) is 0 Å². The second-order valence-corrected chi connectivity index (χ2v) is 19.9. The molecule has 0 radical (unpaired) electrons. The Morgan fingerprint density at radius 2 is 1.47 bits per heavy atom. The van der Waals surface area contributed by atoms with Crippen molar-refractivity contribution in [2.24, 2.45) is 0 Å². The molecule has 0 aliphatic carbocycles. The molecule has 4 N–H and O–H groups in total. The highest BCUT2D eigenvalue weighted by atomic mass is 32.2. The molecule has 1 aliphatic rings. The zero-order chi connectivity index (χ0) is 47.7. The summed E-state index contributed by atoms with van der Waals surface area (Å²) >= 11 is 1.35. The van der Waals surface area contributed by atoms with Crippen LogP contribution in [-0.4, -0.2) is 75.4 Å². The van der Waals surface area contributed by atoms with Crippen molar-refractivity contribution >= 4 is 57.0 Å².